The molecular formula is C9H12N4O. The molecule has 0 radical (unpaired) electrons. The molecule has 5 nitrogen and oxygen atoms in total. The molecule has 0 aliphatic rings. The molecule has 0 fully saturated rings. The van der Waals surface area contributed by atoms with Gasteiger partial charge in [0.25, 0.3) is 0 Å². The van der Waals surface area contributed by atoms with Crippen LogP contribution in [-0.4, -0.2) is 26.7 Å². The molecule has 0 saturated carbocycles. The summed E-state index contributed by atoms with van der Waals surface area (Å²) in [5.74, 6) is 0.687. The predicted octanol–water partition coefficient (Wildman–Crippen LogP) is 0.888. The third kappa shape index (κ3) is 1.35. The van der Waals surface area contributed by atoms with Gasteiger partial charge in [-0.25, -0.2) is 9.50 Å². The number of hydrogen-bond donors (Lipinski definition) is 0. The Labute approximate surface area is 81.8 Å². The summed E-state index contributed by atoms with van der Waals surface area (Å²) in [6, 6.07) is 0. The third-order valence-electron chi connectivity index (χ3n) is 2.03. The van der Waals surface area contributed by atoms with Crippen molar-refractivity contribution in [2.24, 2.45) is 0 Å². The Morgan fingerprint density at radius 2 is 2.21 bits per heavy atom. The number of rotatable bonds is 2. The zero-order valence-electron chi connectivity index (χ0n) is 8.48. The first kappa shape index (κ1) is 9.08. The molecule has 2 aromatic rings. The summed E-state index contributed by atoms with van der Waals surface area (Å²) in [6.45, 7) is 4.30. The minimum Gasteiger partial charge on any atom is -0.377 e. The summed E-state index contributed by atoms with van der Waals surface area (Å²) in [5, 5.41) is 4.30. The lowest BCUT2D eigenvalue weighted by molar-refractivity contribution is 0.178. The van der Waals surface area contributed by atoms with E-state index in [0.29, 0.717) is 12.4 Å². The SMILES string of the molecule is COCc1nc2c(C)ncc(C)n2n1. The van der Waals surface area contributed by atoms with E-state index in [1.807, 2.05) is 13.8 Å². The Kier molecular flexibility index (Phi) is 2.17. The maximum atomic E-state index is 4.98. The smallest absolute Gasteiger partial charge is 0.177 e. The van der Waals surface area contributed by atoms with Gasteiger partial charge in [-0.2, -0.15) is 0 Å². The average molecular weight is 192 g/mol. The van der Waals surface area contributed by atoms with Crippen molar-refractivity contribution in [2.45, 2.75) is 20.5 Å². The molecule has 2 aromatic heterocycles. The van der Waals surface area contributed by atoms with E-state index in [0.717, 1.165) is 17.0 Å². The monoisotopic (exact) mass is 192 g/mol. The van der Waals surface area contributed by atoms with Crippen LogP contribution in [0.4, 0.5) is 0 Å². The van der Waals surface area contributed by atoms with Gasteiger partial charge < -0.3 is 4.74 Å². The van der Waals surface area contributed by atoms with Gasteiger partial charge in [0.1, 0.15) is 6.61 Å². The van der Waals surface area contributed by atoms with Crippen LogP contribution in [0, 0.1) is 13.8 Å². The molecule has 0 spiro atoms. The largest absolute Gasteiger partial charge is 0.377 e. The van der Waals surface area contributed by atoms with Crippen molar-refractivity contribution in [3.05, 3.63) is 23.4 Å². The lowest BCUT2D eigenvalue weighted by Crippen LogP contribution is -1.97. The zero-order valence-corrected chi connectivity index (χ0v) is 8.48. The summed E-state index contributed by atoms with van der Waals surface area (Å²) in [4.78, 5) is 8.54. The molecule has 0 aliphatic carbocycles. The molecule has 5 heteroatoms. The van der Waals surface area contributed by atoms with Crippen LogP contribution in [-0.2, 0) is 11.3 Å². The Morgan fingerprint density at radius 3 is 2.86 bits per heavy atom. The van der Waals surface area contributed by atoms with Crippen LogP contribution >= 0.6 is 0 Å². The molecule has 2 heterocycles. The highest BCUT2D eigenvalue weighted by Crippen LogP contribution is 2.07. The van der Waals surface area contributed by atoms with Gasteiger partial charge in [-0.15, -0.1) is 5.10 Å². The molecule has 0 amide bonds. The number of fused-ring (bicyclic) bond motifs is 1. The van der Waals surface area contributed by atoms with E-state index < -0.39 is 0 Å². The van der Waals surface area contributed by atoms with E-state index >= 15 is 0 Å². The van der Waals surface area contributed by atoms with Crippen molar-refractivity contribution in [2.75, 3.05) is 7.11 Å². The average Bonchev–Trinajstić information content (AvgIpc) is 2.57. The number of nitrogens with zero attached hydrogens (tertiary/aromatic N) is 4. The van der Waals surface area contributed by atoms with Crippen molar-refractivity contribution >= 4 is 5.65 Å². The summed E-state index contributed by atoms with van der Waals surface area (Å²) in [5.41, 5.74) is 2.66. The lowest BCUT2D eigenvalue weighted by atomic mass is 10.4. The first-order valence-electron chi connectivity index (χ1n) is 4.39. The lowest BCUT2D eigenvalue weighted by Gasteiger charge is -1.97. The molecule has 0 bridgehead atoms. The Bertz CT molecular complexity index is 424. The molecule has 0 N–H and O–H groups in total. The highest BCUT2D eigenvalue weighted by Gasteiger charge is 2.07. The molecule has 2 rings (SSSR count). The van der Waals surface area contributed by atoms with Gasteiger partial charge in [0.2, 0.25) is 0 Å². The van der Waals surface area contributed by atoms with E-state index in [2.05, 4.69) is 15.1 Å². The van der Waals surface area contributed by atoms with Gasteiger partial charge in [0.05, 0.1) is 11.4 Å². The van der Waals surface area contributed by atoms with Crippen LogP contribution in [0.25, 0.3) is 5.65 Å². The number of methoxy groups -OCH3 is 1. The topological polar surface area (TPSA) is 52.3 Å². The molecule has 0 aromatic carbocycles. The summed E-state index contributed by atoms with van der Waals surface area (Å²) < 4.78 is 6.77. The summed E-state index contributed by atoms with van der Waals surface area (Å²) >= 11 is 0. The van der Waals surface area contributed by atoms with Gasteiger partial charge in [-0.1, -0.05) is 0 Å². The maximum Gasteiger partial charge on any atom is 0.177 e. The van der Waals surface area contributed by atoms with E-state index in [1.54, 1.807) is 17.8 Å². The highest BCUT2D eigenvalue weighted by atomic mass is 16.5. The maximum absolute atomic E-state index is 4.98. The van der Waals surface area contributed by atoms with E-state index in [-0.39, 0.29) is 0 Å². The van der Waals surface area contributed by atoms with E-state index in [1.165, 1.54) is 0 Å². The zero-order chi connectivity index (χ0) is 10.1. The van der Waals surface area contributed by atoms with Crippen LogP contribution in [0.5, 0.6) is 0 Å². The van der Waals surface area contributed by atoms with Crippen LogP contribution in [0.3, 0.4) is 0 Å². The Balaban J connectivity index is 2.63. The molecule has 0 unspecified atom stereocenters. The highest BCUT2D eigenvalue weighted by molar-refractivity contribution is 5.42. The van der Waals surface area contributed by atoms with Gasteiger partial charge >= 0.3 is 0 Å². The second-order valence-electron chi connectivity index (χ2n) is 3.18. The predicted molar refractivity (Wildman–Crippen MR) is 51.0 cm³/mol. The van der Waals surface area contributed by atoms with Crippen molar-refractivity contribution in [3.8, 4) is 0 Å². The van der Waals surface area contributed by atoms with Crippen LogP contribution in [0.15, 0.2) is 6.20 Å². The molecular weight excluding hydrogens is 180 g/mol. The van der Waals surface area contributed by atoms with Gasteiger partial charge in [0.15, 0.2) is 11.5 Å². The fourth-order valence-corrected chi connectivity index (χ4v) is 1.33. The fourth-order valence-electron chi connectivity index (χ4n) is 1.33. The Hall–Kier alpha value is -1.49. The van der Waals surface area contributed by atoms with E-state index in [9.17, 15) is 0 Å². The van der Waals surface area contributed by atoms with Gasteiger partial charge in [0, 0.05) is 13.3 Å². The normalized spacial score (nSPS) is 11.1. The second kappa shape index (κ2) is 3.34. The first-order valence-corrected chi connectivity index (χ1v) is 4.39. The standard InChI is InChI=1S/C9H12N4O/c1-6-4-10-7(2)9-11-8(5-14-3)12-13(6)9/h4H,5H2,1-3H3. The van der Waals surface area contributed by atoms with E-state index in [4.69, 9.17) is 4.74 Å². The summed E-state index contributed by atoms with van der Waals surface area (Å²) in [7, 11) is 1.63. The number of aromatic nitrogens is 4. The minimum atomic E-state index is 0.431. The van der Waals surface area contributed by atoms with Gasteiger partial charge in [-0.3, -0.25) is 4.98 Å². The van der Waals surface area contributed by atoms with Crippen molar-refractivity contribution in [1.29, 1.82) is 0 Å². The van der Waals surface area contributed by atoms with Crippen LogP contribution in [0.2, 0.25) is 0 Å². The Morgan fingerprint density at radius 1 is 1.43 bits per heavy atom. The number of ether oxygens (including phenoxy) is 1. The van der Waals surface area contributed by atoms with Crippen LogP contribution < -0.4 is 0 Å². The number of aryl methyl sites for hydroxylation is 2. The quantitative estimate of drug-likeness (QED) is 0.709. The van der Waals surface area contributed by atoms with Crippen molar-refractivity contribution < 1.29 is 4.74 Å². The van der Waals surface area contributed by atoms with Crippen molar-refractivity contribution in [1.82, 2.24) is 19.6 Å². The summed E-state index contributed by atoms with van der Waals surface area (Å²) in [6.07, 6.45) is 1.79. The molecule has 0 saturated heterocycles. The molecule has 74 valence electrons. The fraction of sp³-hybridized carbons (Fsp3) is 0.444. The van der Waals surface area contributed by atoms with Gasteiger partial charge in [-0.05, 0) is 13.8 Å². The number of hydrogen-bond acceptors (Lipinski definition) is 4. The molecule has 14 heavy (non-hydrogen) atoms. The molecule has 0 atom stereocenters. The van der Waals surface area contributed by atoms with Crippen molar-refractivity contribution in [3.63, 3.8) is 0 Å². The minimum absolute atomic E-state index is 0.431. The first-order chi connectivity index (χ1) is 6.72. The molecule has 0 aliphatic heterocycles. The second-order valence-corrected chi connectivity index (χ2v) is 3.18. The van der Waals surface area contributed by atoms with Crippen LogP contribution in [0.1, 0.15) is 17.2 Å². The third-order valence-corrected chi connectivity index (χ3v) is 2.03.